The molecule has 3 amide bonds. The zero-order valence-corrected chi connectivity index (χ0v) is 31.2. The third-order valence-electron chi connectivity index (χ3n) is 9.18. The van der Waals surface area contributed by atoms with Gasteiger partial charge in [-0.1, -0.05) is 12.1 Å². The van der Waals surface area contributed by atoms with Crippen molar-refractivity contribution in [1.82, 2.24) is 14.7 Å². The van der Waals surface area contributed by atoms with E-state index < -0.39 is 11.7 Å². The Morgan fingerprint density at radius 1 is 0.880 bits per heavy atom. The van der Waals surface area contributed by atoms with E-state index in [2.05, 4.69) is 0 Å². The number of piperidine rings is 1. The molecule has 1 unspecified atom stereocenters. The molecule has 1 saturated carbocycles. The van der Waals surface area contributed by atoms with Crippen LogP contribution in [0.25, 0.3) is 0 Å². The number of amides is 3. The van der Waals surface area contributed by atoms with E-state index in [1.807, 2.05) is 68.7 Å². The van der Waals surface area contributed by atoms with Crippen molar-refractivity contribution in [3.05, 3.63) is 53.6 Å². The molecule has 2 aromatic rings. The van der Waals surface area contributed by atoms with Crippen LogP contribution in [-0.2, 0) is 20.7 Å². The summed E-state index contributed by atoms with van der Waals surface area (Å²) in [6, 6.07) is 12.6. The Morgan fingerprint density at radius 3 is 2.18 bits per heavy atom. The van der Waals surface area contributed by atoms with Crippen LogP contribution in [0.1, 0.15) is 89.1 Å². The number of methoxy groups -OCH3 is 3. The molecule has 0 radical (unpaired) electrons. The molecule has 4 rings (SSSR count). The average molecular weight is 696 g/mol. The summed E-state index contributed by atoms with van der Waals surface area (Å²) in [5, 5.41) is 0. The second-order valence-corrected chi connectivity index (χ2v) is 14.5. The molecule has 1 saturated heterocycles. The summed E-state index contributed by atoms with van der Waals surface area (Å²) in [4.78, 5) is 47.1. The van der Waals surface area contributed by atoms with Gasteiger partial charge in [0.25, 0.3) is 5.91 Å². The van der Waals surface area contributed by atoms with Gasteiger partial charge in [-0.2, -0.15) is 0 Å². The molecule has 50 heavy (non-hydrogen) atoms. The Morgan fingerprint density at radius 2 is 1.58 bits per heavy atom. The fourth-order valence-electron chi connectivity index (χ4n) is 6.56. The lowest BCUT2D eigenvalue weighted by Gasteiger charge is -2.45. The molecule has 2 aromatic carbocycles. The van der Waals surface area contributed by atoms with Crippen molar-refractivity contribution in [1.29, 1.82) is 0 Å². The maximum Gasteiger partial charge on any atom is 0.410 e. The van der Waals surface area contributed by atoms with E-state index >= 15 is 0 Å². The number of likely N-dealkylation sites (tertiary alicyclic amines) is 1. The van der Waals surface area contributed by atoms with Gasteiger partial charge >= 0.3 is 6.09 Å². The Hall–Kier alpha value is -3.99. The summed E-state index contributed by atoms with van der Waals surface area (Å²) in [6.45, 7) is 11.4. The Labute approximate surface area is 298 Å². The van der Waals surface area contributed by atoms with Gasteiger partial charge in [0.05, 0.1) is 33.3 Å². The van der Waals surface area contributed by atoms with Crippen molar-refractivity contribution in [3.8, 4) is 17.2 Å². The first-order chi connectivity index (χ1) is 23.8. The molecular weight excluding hydrogens is 638 g/mol. The number of carbonyl (C=O) groups is 3. The fourth-order valence-corrected chi connectivity index (χ4v) is 6.56. The van der Waals surface area contributed by atoms with Gasteiger partial charge in [-0.05, 0) is 103 Å². The molecule has 0 bridgehead atoms. The minimum Gasteiger partial charge on any atom is -0.497 e. The summed E-state index contributed by atoms with van der Waals surface area (Å²) in [6.07, 6.45) is 4.64. The number of carbonyl (C=O) groups excluding carboxylic acids is 3. The molecule has 1 heterocycles. The van der Waals surface area contributed by atoms with Gasteiger partial charge in [-0.15, -0.1) is 0 Å². The summed E-state index contributed by atoms with van der Waals surface area (Å²) in [7, 11) is 4.84. The zero-order valence-electron chi connectivity index (χ0n) is 31.2. The number of benzene rings is 2. The Kier molecular flexibility index (Phi) is 13.8. The van der Waals surface area contributed by atoms with Crippen LogP contribution in [0.15, 0.2) is 42.5 Å². The molecule has 1 aliphatic heterocycles. The normalized spacial score (nSPS) is 17.7. The minimum absolute atomic E-state index is 0.0910. The lowest BCUT2D eigenvalue weighted by Crippen LogP contribution is -2.58. The van der Waals surface area contributed by atoms with Crippen LogP contribution in [0.2, 0.25) is 0 Å². The number of rotatable bonds is 16. The molecular formula is C39H57N3O8. The predicted octanol–water partition coefficient (Wildman–Crippen LogP) is 6.36. The van der Waals surface area contributed by atoms with E-state index in [0.29, 0.717) is 75.5 Å². The van der Waals surface area contributed by atoms with Crippen molar-refractivity contribution in [2.75, 3.05) is 47.6 Å². The monoisotopic (exact) mass is 695 g/mol. The number of nitrogens with zero attached hydrogens (tertiary/aromatic N) is 3. The lowest BCUT2D eigenvalue weighted by atomic mass is 9.93. The van der Waals surface area contributed by atoms with Crippen LogP contribution in [0.4, 0.5) is 4.79 Å². The second kappa shape index (κ2) is 17.8. The molecule has 276 valence electrons. The van der Waals surface area contributed by atoms with Crippen molar-refractivity contribution in [2.24, 2.45) is 0 Å². The topological polar surface area (TPSA) is 107 Å². The Bertz CT molecular complexity index is 1420. The van der Waals surface area contributed by atoms with Gasteiger partial charge < -0.3 is 38.4 Å². The molecule has 1 aliphatic carbocycles. The molecule has 2 aliphatic rings. The van der Waals surface area contributed by atoms with Crippen LogP contribution < -0.4 is 14.2 Å². The lowest BCUT2D eigenvalue weighted by molar-refractivity contribution is -0.131. The summed E-state index contributed by atoms with van der Waals surface area (Å²) in [5.74, 6) is 1.76. The van der Waals surface area contributed by atoms with Crippen LogP contribution >= 0.6 is 0 Å². The van der Waals surface area contributed by atoms with E-state index in [4.69, 9.17) is 23.7 Å². The minimum atomic E-state index is -0.681. The van der Waals surface area contributed by atoms with Gasteiger partial charge in [-0.3, -0.25) is 9.59 Å². The van der Waals surface area contributed by atoms with E-state index in [9.17, 15) is 14.4 Å². The van der Waals surface area contributed by atoms with E-state index in [-0.39, 0.29) is 36.0 Å². The van der Waals surface area contributed by atoms with Gasteiger partial charge in [0.1, 0.15) is 11.4 Å². The largest absolute Gasteiger partial charge is 0.497 e. The Balaban J connectivity index is 1.50. The van der Waals surface area contributed by atoms with Crippen molar-refractivity contribution < 1.29 is 38.1 Å². The van der Waals surface area contributed by atoms with Gasteiger partial charge in [0.15, 0.2) is 11.5 Å². The molecule has 2 atom stereocenters. The average Bonchev–Trinajstić information content (AvgIpc) is 3.92. The highest BCUT2D eigenvalue weighted by atomic mass is 16.6. The molecule has 0 aromatic heterocycles. The maximum atomic E-state index is 14.2. The van der Waals surface area contributed by atoms with Crippen LogP contribution in [-0.4, -0.2) is 110 Å². The number of hydrogen-bond acceptors (Lipinski definition) is 8. The molecule has 2 fully saturated rings. The van der Waals surface area contributed by atoms with E-state index in [1.54, 1.807) is 44.4 Å². The third-order valence-corrected chi connectivity index (χ3v) is 9.18. The van der Waals surface area contributed by atoms with Gasteiger partial charge in [-0.25, -0.2) is 4.79 Å². The molecule has 0 spiro atoms. The maximum absolute atomic E-state index is 14.2. The van der Waals surface area contributed by atoms with Gasteiger partial charge in [0.2, 0.25) is 5.91 Å². The number of hydrogen-bond donors (Lipinski definition) is 0. The fraction of sp³-hybridized carbons (Fsp3) is 0.615. The zero-order chi connectivity index (χ0) is 36.4. The van der Waals surface area contributed by atoms with Crippen LogP contribution in [0, 0.1) is 0 Å². The van der Waals surface area contributed by atoms with Crippen LogP contribution in [0.3, 0.4) is 0 Å². The standard InChI is InChI=1S/C39H57N3O8/c1-27(2)42(37(44)29-12-19-34(48-8)35(25-29)49-23-9-22-46-6)32-16-15-31(41(26-32)38(45)50-39(3,4)5)20-21-40(30-13-14-30)36(43)24-28-10-17-33(47-7)18-11-28/h10-12,17-19,25,27,30-32H,9,13-16,20-24,26H2,1-8H3/t31-,32?/m1/s1. The van der Waals surface area contributed by atoms with Crippen LogP contribution in [0.5, 0.6) is 17.2 Å². The van der Waals surface area contributed by atoms with Crippen molar-refractivity contribution >= 4 is 17.9 Å². The first-order valence-corrected chi connectivity index (χ1v) is 17.9. The highest BCUT2D eigenvalue weighted by Gasteiger charge is 2.40. The quantitative estimate of drug-likeness (QED) is 0.187. The summed E-state index contributed by atoms with van der Waals surface area (Å²) >= 11 is 0. The highest BCUT2D eigenvalue weighted by molar-refractivity contribution is 5.95. The van der Waals surface area contributed by atoms with Crippen molar-refractivity contribution in [3.63, 3.8) is 0 Å². The molecule has 11 heteroatoms. The van der Waals surface area contributed by atoms with Gasteiger partial charge in [0, 0.05) is 56.9 Å². The first kappa shape index (κ1) is 38.8. The number of ether oxygens (including phenoxy) is 5. The van der Waals surface area contributed by atoms with E-state index in [1.165, 1.54) is 0 Å². The molecule has 11 nitrogen and oxygen atoms in total. The molecule has 0 N–H and O–H groups in total. The second-order valence-electron chi connectivity index (χ2n) is 14.5. The first-order valence-electron chi connectivity index (χ1n) is 17.9. The summed E-state index contributed by atoms with van der Waals surface area (Å²) in [5.41, 5.74) is 0.749. The predicted molar refractivity (Wildman–Crippen MR) is 192 cm³/mol. The smallest absolute Gasteiger partial charge is 0.410 e. The SMILES string of the molecule is COCCCOc1cc(C(=O)N(C(C)C)C2CC[C@H](CCN(C(=O)Cc3ccc(OC)cc3)C3CC3)N(C(=O)OC(C)(C)C)C2)ccc1OC. The summed E-state index contributed by atoms with van der Waals surface area (Å²) < 4.78 is 27.8. The van der Waals surface area contributed by atoms with E-state index in [0.717, 1.165) is 24.2 Å². The third kappa shape index (κ3) is 10.8. The highest BCUT2D eigenvalue weighted by Crippen LogP contribution is 2.33. The van der Waals surface area contributed by atoms with Crippen molar-refractivity contribution in [2.45, 2.75) is 109 Å².